The monoisotopic (exact) mass is 411 g/mol. The molecule has 0 radical (unpaired) electrons. The van der Waals surface area contributed by atoms with Crippen molar-refractivity contribution in [3.8, 4) is 0 Å². The quantitative estimate of drug-likeness (QED) is 0.529. The van der Waals surface area contributed by atoms with E-state index in [9.17, 15) is 9.59 Å². The Kier molecular flexibility index (Phi) is 4.92. The molecule has 2 amide bonds. The molecule has 1 N–H and O–H groups in total. The maximum absolute atomic E-state index is 13.2. The van der Waals surface area contributed by atoms with Gasteiger partial charge in [0.2, 0.25) is 5.91 Å². The first-order valence-electron chi connectivity index (χ1n) is 10.2. The van der Waals surface area contributed by atoms with E-state index in [4.69, 9.17) is 0 Å². The van der Waals surface area contributed by atoms with Gasteiger partial charge in [-0.25, -0.2) is 4.68 Å². The van der Waals surface area contributed by atoms with Gasteiger partial charge in [0.25, 0.3) is 5.91 Å². The number of amides is 2. The lowest BCUT2D eigenvalue weighted by atomic mass is 10.0. The van der Waals surface area contributed by atoms with Crippen molar-refractivity contribution in [3.63, 3.8) is 0 Å². The molecule has 4 aromatic rings. The molecule has 1 aliphatic heterocycles. The molecule has 0 saturated carbocycles. The van der Waals surface area contributed by atoms with Crippen molar-refractivity contribution in [2.75, 3.05) is 6.54 Å². The van der Waals surface area contributed by atoms with Crippen molar-refractivity contribution >= 4 is 22.8 Å². The van der Waals surface area contributed by atoms with E-state index in [1.165, 1.54) is 0 Å². The third-order valence-electron chi connectivity index (χ3n) is 5.61. The molecule has 1 unspecified atom stereocenters. The third kappa shape index (κ3) is 3.54. The first kappa shape index (κ1) is 19.0. The lowest BCUT2D eigenvalue weighted by Crippen LogP contribution is -2.40. The molecule has 0 saturated heterocycles. The Morgan fingerprint density at radius 1 is 0.935 bits per heavy atom. The Labute approximate surface area is 179 Å². The fourth-order valence-corrected chi connectivity index (χ4v) is 4.06. The van der Waals surface area contributed by atoms with Gasteiger partial charge < -0.3 is 10.2 Å². The van der Waals surface area contributed by atoms with Gasteiger partial charge >= 0.3 is 0 Å². The summed E-state index contributed by atoms with van der Waals surface area (Å²) in [4.78, 5) is 28.0. The fraction of sp³-hybridized carbons (Fsp3) is 0.167. The van der Waals surface area contributed by atoms with Crippen LogP contribution in [0.3, 0.4) is 0 Å². The lowest BCUT2D eigenvalue weighted by Gasteiger charge is -2.24. The van der Waals surface area contributed by atoms with E-state index in [1.54, 1.807) is 15.6 Å². The van der Waals surface area contributed by atoms with Crippen LogP contribution >= 0.6 is 0 Å². The highest BCUT2D eigenvalue weighted by atomic mass is 16.2. The zero-order valence-electron chi connectivity index (χ0n) is 16.8. The largest absolute Gasteiger partial charge is 0.335 e. The molecule has 1 aliphatic rings. The highest BCUT2D eigenvalue weighted by Crippen LogP contribution is 2.33. The molecule has 7 heteroatoms. The molecule has 0 fully saturated rings. The van der Waals surface area contributed by atoms with Gasteiger partial charge in [-0.15, -0.1) is 5.10 Å². The maximum atomic E-state index is 13.2. The molecule has 1 atom stereocenters. The Balaban J connectivity index is 1.37. The van der Waals surface area contributed by atoms with Crippen LogP contribution in [0.4, 0.5) is 0 Å². The summed E-state index contributed by atoms with van der Waals surface area (Å²) in [5.41, 5.74) is 4.05. The van der Waals surface area contributed by atoms with Crippen molar-refractivity contribution in [2.24, 2.45) is 0 Å². The molecular formula is C24H21N5O2. The molecule has 3 aromatic carbocycles. The van der Waals surface area contributed by atoms with Crippen molar-refractivity contribution in [3.05, 3.63) is 95.6 Å². The van der Waals surface area contributed by atoms with Crippen LogP contribution in [0.15, 0.2) is 78.9 Å². The number of aromatic nitrogens is 3. The standard InChI is InChI=1S/C24H21N5O2/c30-23(25-16-29-21-13-7-6-12-20(21)26-27-29)22-18-10-4-5-11-19(18)24(31)28(22)15-14-17-8-2-1-3-9-17/h1-13,22H,14-16H2,(H,25,30). The summed E-state index contributed by atoms with van der Waals surface area (Å²) in [6.45, 7) is 0.639. The first-order chi connectivity index (χ1) is 15.2. The van der Waals surface area contributed by atoms with Crippen LogP contribution < -0.4 is 5.32 Å². The summed E-state index contributed by atoms with van der Waals surface area (Å²) in [6.07, 6.45) is 0.679. The number of nitrogens with one attached hydrogen (secondary N) is 1. The van der Waals surface area contributed by atoms with Crippen LogP contribution in [0.1, 0.15) is 27.5 Å². The van der Waals surface area contributed by atoms with Crippen LogP contribution in [0, 0.1) is 0 Å². The predicted octanol–water partition coefficient (Wildman–Crippen LogP) is 2.94. The number of benzene rings is 3. The summed E-state index contributed by atoms with van der Waals surface area (Å²) in [5.74, 6) is -0.344. The molecule has 0 aliphatic carbocycles. The number of rotatable bonds is 6. The van der Waals surface area contributed by atoms with E-state index >= 15 is 0 Å². The number of fused-ring (bicyclic) bond motifs is 2. The topological polar surface area (TPSA) is 80.1 Å². The average Bonchev–Trinajstić information content (AvgIpc) is 3.36. The fourth-order valence-electron chi connectivity index (χ4n) is 4.06. The van der Waals surface area contributed by atoms with Gasteiger partial charge in [-0.2, -0.15) is 0 Å². The van der Waals surface area contributed by atoms with Crippen LogP contribution in [-0.2, 0) is 17.9 Å². The summed E-state index contributed by atoms with van der Waals surface area (Å²) < 4.78 is 1.64. The van der Waals surface area contributed by atoms with Gasteiger partial charge in [0.05, 0.1) is 5.52 Å². The van der Waals surface area contributed by atoms with E-state index in [0.29, 0.717) is 18.5 Å². The second kappa shape index (κ2) is 8.02. The molecule has 1 aromatic heterocycles. The SMILES string of the molecule is O=C(NCn1nnc2ccccc21)C1c2ccccc2C(=O)N1CCc1ccccc1. The van der Waals surface area contributed by atoms with Crippen molar-refractivity contribution in [1.29, 1.82) is 0 Å². The molecule has 0 spiro atoms. The van der Waals surface area contributed by atoms with Crippen LogP contribution in [0.2, 0.25) is 0 Å². The molecule has 2 heterocycles. The van der Waals surface area contributed by atoms with Crippen LogP contribution in [-0.4, -0.2) is 38.3 Å². The maximum Gasteiger partial charge on any atom is 0.255 e. The molecule has 31 heavy (non-hydrogen) atoms. The number of para-hydroxylation sites is 1. The summed E-state index contributed by atoms with van der Waals surface area (Å²) in [5, 5.41) is 11.2. The van der Waals surface area contributed by atoms with Crippen molar-refractivity contribution in [2.45, 2.75) is 19.1 Å². The molecule has 154 valence electrons. The van der Waals surface area contributed by atoms with Crippen molar-refractivity contribution < 1.29 is 9.59 Å². The van der Waals surface area contributed by atoms with E-state index < -0.39 is 6.04 Å². The third-order valence-corrected chi connectivity index (χ3v) is 5.61. The normalized spacial score (nSPS) is 15.3. The Morgan fingerprint density at radius 2 is 1.68 bits per heavy atom. The Bertz CT molecular complexity index is 1250. The van der Waals surface area contributed by atoms with Crippen LogP contribution in [0.25, 0.3) is 11.0 Å². The Hall–Kier alpha value is -4.00. The van der Waals surface area contributed by atoms with E-state index in [0.717, 1.165) is 22.2 Å². The number of carbonyl (C=O) groups is 2. The first-order valence-corrected chi connectivity index (χ1v) is 10.2. The number of hydrogen-bond acceptors (Lipinski definition) is 4. The number of nitrogens with zero attached hydrogens (tertiary/aromatic N) is 4. The summed E-state index contributed by atoms with van der Waals surface area (Å²) in [7, 11) is 0. The summed E-state index contributed by atoms with van der Waals surface area (Å²) >= 11 is 0. The van der Waals surface area contributed by atoms with Gasteiger partial charge in [-0.3, -0.25) is 9.59 Å². The van der Waals surface area contributed by atoms with Gasteiger partial charge in [-0.1, -0.05) is 65.9 Å². The second-order valence-electron chi connectivity index (χ2n) is 7.50. The summed E-state index contributed by atoms with van der Waals surface area (Å²) in [6, 6.07) is 24.2. The zero-order valence-corrected chi connectivity index (χ0v) is 16.8. The lowest BCUT2D eigenvalue weighted by molar-refractivity contribution is -0.126. The predicted molar refractivity (Wildman–Crippen MR) is 116 cm³/mol. The van der Waals surface area contributed by atoms with E-state index in [1.807, 2.05) is 72.8 Å². The van der Waals surface area contributed by atoms with Gasteiger partial charge in [-0.05, 0) is 35.7 Å². The molecule has 5 rings (SSSR count). The van der Waals surface area contributed by atoms with Gasteiger partial charge in [0.15, 0.2) is 0 Å². The number of hydrogen-bond donors (Lipinski definition) is 1. The number of carbonyl (C=O) groups excluding carboxylic acids is 2. The minimum Gasteiger partial charge on any atom is -0.335 e. The highest BCUT2D eigenvalue weighted by molar-refractivity contribution is 6.04. The molecular weight excluding hydrogens is 390 g/mol. The van der Waals surface area contributed by atoms with Gasteiger partial charge in [0.1, 0.15) is 18.2 Å². The highest BCUT2D eigenvalue weighted by Gasteiger charge is 2.40. The van der Waals surface area contributed by atoms with E-state index in [2.05, 4.69) is 15.6 Å². The zero-order chi connectivity index (χ0) is 21.2. The minimum absolute atomic E-state index is 0.113. The van der Waals surface area contributed by atoms with Crippen LogP contribution in [0.5, 0.6) is 0 Å². The minimum atomic E-state index is -0.665. The Morgan fingerprint density at radius 3 is 2.55 bits per heavy atom. The van der Waals surface area contributed by atoms with E-state index in [-0.39, 0.29) is 18.5 Å². The second-order valence-corrected chi connectivity index (χ2v) is 7.50. The average molecular weight is 411 g/mol. The molecule has 0 bridgehead atoms. The van der Waals surface area contributed by atoms with Crippen molar-refractivity contribution in [1.82, 2.24) is 25.2 Å². The van der Waals surface area contributed by atoms with Gasteiger partial charge in [0, 0.05) is 12.1 Å². The molecule has 7 nitrogen and oxygen atoms in total. The smallest absolute Gasteiger partial charge is 0.255 e.